The second-order valence-electron chi connectivity index (χ2n) is 7.99. The molecule has 0 fully saturated rings. The summed E-state index contributed by atoms with van der Waals surface area (Å²) in [6, 6.07) is 11.9. The number of hydrogen-bond acceptors (Lipinski definition) is 5. The van der Waals surface area contributed by atoms with E-state index in [-0.39, 0.29) is 22.9 Å². The summed E-state index contributed by atoms with van der Waals surface area (Å²) in [5.74, 6) is 0.835. The lowest BCUT2D eigenvalue weighted by Crippen LogP contribution is -2.43. The van der Waals surface area contributed by atoms with Gasteiger partial charge in [-0.3, -0.25) is 9.36 Å². The minimum absolute atomic E-state index is 0.0448. The fourth-order valence-corrected chi connectivity index (χ4v) is 3.73. The fraction of sp³-hybridized carbons (Fsp3) is 0.348. The fourth-order valence-electron chi connectivity index (χ4n) is 2.98. The van der Waals surface area contributed by atoms with Crippen LogP contribution in [-0.4, -0.2) is 39.1 Å². The number of aromatic nitrogens is 3. The second kappa shape index (κ2) is 9.86. The number of nitrogens with one attached hydrogen (secondary N) is 1. The number of carbonyl (C=O) groups is 1. The van der Waals surface area contributed by atoms with E-state index < -0.39 is 11.7 Å². The van der Waals surface area contributed by atoms with Crippen molar-refractivity contribution < 1.29 is 22.7 Å². The van der Waals surface area contributed by atoms with Crippen LogP contribution in [0.25, 0.3) is 17.1 Å². The predicted molar refractivity (Wildman–Crippen MR) is 122 cm³/mol. The van der Waals surface area contributed by atoms with Gasteiger partial charge < -0.3 is 10.1 Å². The van der Waals surface area contributed by atoms with Crippen LogP contribution < -0.4 is 10.1 Å². The number of benzene rings is 2. The Kier molecular flexibility index (Phi) is 7.36. The molecule has 1 aromatic heterocycles. The molecule has 0 aliphatic carbocycles. The summed E-state index contributed by atoms with van der Waals surface area (Å²) in [7, 11) is 1.54. The van der Waals surface area contributed by atoms with Gasteiger partial charge in [0, 0.05) is 11.1 Å². The molecule has 1 heterocycles. The largest absolute Gasteiger partial charge is 0.497 e. The minimum Gasteiger partial charge on any atom is -0.497 e. The molecule has 3 aromatic rings. The highest BCUT2D eigenvalue weighted by atomic mass is 32.2. The van der Waals surface area contributed by atoms with Crippen LogP contribution in [0.5, 0.6) is 5.75 Å². The number of ether oxygens (including phenoxy) is 1. The van der Waals surface area contributed by atoms with E-state index in [1.165, 1.54) is 10.6 Å². The molecule has 1 amide bonds. The van der Waals surface area contributed by atoms with Crippen molar-refractivity contribution in [1.82, 2.24) is 20.1 Å². The molecule has 1 N–H and O–H groups in total. The first-order valence-electron chi connectivity index (χ1n) is 10.3. The minimum atomic E-state index is -4.50. The molecule has 0 radical (unpaired) electrons. The van der Waals surface area contributed by atoms with Gasteiger partial charge >= 0.3 is 6.18 Å². The second-order valence-corrected chi connectivity index (χ2v) is 8.93. The first-order chi connectivity index (χ1) is 15.5. The smallest absolute Gasteiger partial charge is 0.416 e. The van der Waals surface area contributed by atoms with Gasteiger partial charge in [0.1, 0.15) is 5.75 Å². The molecule has 0 spiro atoms. The Morgan fingerprint density at radius 1 is 1.12 bits per heavy atom. The zero-order valence-electron chi connectivity index (χ0n) is 18.7. The molecular weight excluding hydrogens is 453 g/mol. The van der Waals surface area contributed by atoms with Crippen LogP contribution in [0.15, 0.2) is 53.7 Å². The summed E-state index contributed by atoms with van der Waals surface area (Å²) < 4.78 is 46.8. The summed E-state index contributed by atoms with van der Waals surface area (Å²) in [5, 5.41) is 11.6. The number of rotatable bonds is 8. The van der Waals surface area contributed by atoms with E-state index in [0.29, 0.717) is 22.3 Å². The molecule has 2 aromatic carbocycles. The van der Waals surface area contributed by atoms with E-state index in [1.807, 2.05) is 20.8 Å². The van der Waals surface area contributed by atoms with Crippen LogP contribution in [0, 0.1) is 0 Å². The van der Waals surface area contributed by atoms with Crippen LogP contribution >= 0.6 is 11.8 Å². The molecule has 0 atom stereocenters. The maximum atomic E-state index is 13.3. The number of halogens is 3. The monoisotopic (exact) mass is 478 g/mol. The van der Waals surface area contributed by atoms with Crippen molar-refractivity contribution in [2.45, 2.75) is 44.1 Å². The lowest BCUT2D eigenvalue weighted by molar-refractivity contribution is -0.137. The van der Waals surface area contributed by atoms with Gasteiger partial charge in [-0.05, 0) is 62.7 Å². The number of thioether (sulfide) groups is 1. The number of nitrogens with zero attached hydrogens (tertiary/aromatic N) is 3. The Labute approximate surface area is 194 Å². The maximum Gasteiger partial charge on any atom is 0.416 e. The molecular formula is C23H25F3N4O2S. The summed E-state index contributed by atoms with van der Waals surface area (Å²) in [5.41, 5.74) is -0.255. The lowest BCUT2D eigenvalue weighted by atomic mass is 10.0. The molecule has 176 valence electrons. The van der Waals surface area contributed by atoms with Crippen LogP contribution in [0.3, 0.4) is 0 Å². The van der Waals surface area contributed by atoms with Gasteiger partial charge in [-0.15, -0.1) is 10.2 Å². The maximum absolute atomic E-state index is 13.3. The van der Waals surface area contributed by atoms with Crippen LogP contribution in [0.4, 0.5) is 13.2 Å². The highest BCUT2D eigenvalue weighted by Gasteiger charge is 2.31. The summed E-state index contributed by atoms with van der Waals surface area (Å²) in [4.78, 5) is 12.4. The van der Waals surface area contributed by atoms with E-state index in [1.54, 1.807) is 37.4 Å². The van der Waals surface area contributed by atoms with E-state index in [0.717, 1.165) is 30.3 Å². The van der Waals surface area contributed by atoms with Crippen molar-refractivity contribution in [1.29, 1.82) is 0 Å². The van der Waals surface area contributed by atoms with Gasteiger partial charge in [0.2, 0.25) is 5.91 Å². The molecule has 10 heteroatoms. The van der Waals surface area contributed by atoms with Crippen LogP contribution in [-0.2, 0) is 11.0 Å². The predicted octanol–water partition coefficient (Wildman–Crippen LogP) is 5.36. The number of carbonyl (C=O) groups excluding carboxylic acids is 1. The molecule has 0 aliphatic rings. The number of amides is 1. The van der Waals surface area contributed by atoms with E-state index >= 15 is 0 Å². The zero-order valence-corrected chi connectivity index (χ0v) is 19.5. The lowest BCUT2D eigenvalue weighted by Gasteiger charge is -2.24. The van der Waals surface area contributed by atoms with Gasteiger partial charge in [0.05, 0.1) is 24.1 Å². The Morgan fingerprint density at radius 2 is 1.82 bits per heavy atom. The van der Waals surface area contributed by atoms with Crippen molar-refractivity contribution in [2.75, 3.05) is 12.9 Å². The molecule has 0 saturated heterocycles. The molecule has 0 saturated carbocycles. The Bertz CT molecular complexity index is 1110. The van der Waals surface area contributed by atoms with Crippen molar-refractivity contribution in [3.63, 3.8) is 0 Å². The van der Waals surface area contributed by atoms with Gasteiger partial charge in [0.15, 0.2) is 11.0 Å². The average molecular weight is 479 g/mol. The molecule has 3 rings (SSSR count). The average Bonchev–Trinajstić information content (AvgIpc) is 3.21. The first-order valence-corrected chi connectivity index (χ1v) is 11.2. The molecule has 6 nitrogen and oxygen atoms in total. The van der Waals surface area contributed by atoms with E-state index in [4.69, 9.17) is 4.74 Å². The quantitative estimate of drug-likeness (QED) is 0.442. The molecule has 0 unspecified atom stereocenters. The summed E-state index contributed by atoms with van der Waals surface area (Å²) in [6.45, 7) is 5.81. The number of hydrogen-bond donors (Lipinski definition) is 1. The zero-order chi connectivity index (χ0) is 24.2. The highest BCUT2D eigenvalue weighted by molar-refractivity contribution is 7.99. The highest BCUT2D eigenvalue weighted by Crippen LogP contribution is 2.33. The topological polar surface area (TPSA) is 69.0 Å². The van der Waals surface area contributed by atoms with Crippen LogP contribution in [0.2, 0.25) is 0 Å². The third-order valence-electron chi connectivity index (χ3n) is 5.11. The Morgan fingerprint density at radius 3 is 2.42 bits per heavy atom. The SMILES string of the molecule is CCC(C)(C)NC(=O)CSc1nnc(-c2ccc(OC)cc2)n1-c1cccc(C(F)(F)F)c1. The summed E-state index contributed by atoms with van der Waals surface area (Å²) in [6.07, 6.45) is -3.74. The normalized spacial score (nSPS) is 12.0. The van der Waals surface area contributed by atoms with E-state index in [2.05, 4.69) is 15.5 Å². The van der Waals surface area contributed by atoms with Crippen molar-refractivity contribution in [2.24, 2.45) is 0 Å². The van der Waals surface area contributed by atoms with Crippen molar-refractivity contribution in [3.05, 3.63) is 54.1 Å². The number of alkyl halides is 3. The first kappa shape index (κ1) is 24.6. The number of methoxy groups -OCH3 is 1. The molecule has 0 aliphatic heterocycles. The van der Waals surface area contributed by atoms with Gasteiger partial charge in [-0.2, -0.15) is 13.2 Å². The van der Waals surface area contributed by atoms with Gasteiger partial charge in [-0.25, -0.2) is 0 Å². The third-order valence-corrected chi connectivity index (χ3v) is 6.04. The standard InChI is InChI=1S/C23H25F3N4O2S/c1-5-22(2,3)27-19(31)14-33-21-29-28-20(15-9-11-18(32-4)12-10-15)30(21)17-8-6-7-16(13-17)23(24,25)26/h6-13H,5,14H2,1-4H3,(H,27,31). The van der Waals surface area contributed by atoms with Crippen molar-refractivity contribution in [3.8, 4) is 22.8 Å². The molecule has 33 heavy (non-hydrogen) atoms. The Hall–Kier alpha value is -3.01. The van der Waals surface area contributed by atoms with Crippen molar-refractivity contribution >= 4 is 17.7 Å². The third kappa shape index (κ3) is 6.07. The van der Waals surface area contributed by atoms with Crippen LogP contribution in [0.1, 0.15) is 32.8 Å². The molecule has 0 bridgehead atoms. The van der Waals surface area contributed by atoms with E-state index in [9.17, 15) is 18.0 Å². The van der Waals surface area contributed by atoms with Gasteiger partial charge in [-0.1, -0.05) is 24.8 Å². The summed E-state index contributed by atoms with van der Waals surface area (Å²) >= 11 is 1.11. The Balaban J connectivity index is 2.00. The van der Waals surface area contributed by atoms with Gasteiger partial charge in [0.25, 0.3) is 0 Å².